The van der Waals surface area contributed by atoms with E-state index < -0.39 is 0 Å². The molecule has 2 fully saturated rings. The third-order valence-electron chi connectivity index (χ3n) is 4.61. The van der Waals surface area contributed by atoms with Gasteiger partial charge in [-0.25, -0.2) is 4.39 Å². The summed E-state index contributed by atoms with van der Waals surface area (Å²) in [6, 6.07) is 6.90. The summed E-state index contributed by atoms with van der Waals surface area (Å²) in [6.07, 6.45) is 2.33. The molecule has 0 saturated carbocycles. The lowest BCUT2D eigenvalue weighted by Crippen LogP contribution is -2.42. The predicted octanol–water partition coefficient (Wildman–Crippen LogP) is 2.61. The molecule has 1 aromatic carbocycles. The fourth-order valence-electron chi connectivity index (χ4n) is 3.31. The second-order valence-corrected chi connectivity index (χ2v) is 7.36. The molecule has 2 saturated heterocycles. The number of ether oxygens (including phenoxy) is 1. The summed E-state index contributed by atoms with van der Waals surface area (Å²) in [6.45, 7) is 4.59. The van der Waals surface area contributed by atoms with Crippen LogP contribution in [0, 0.1) is 11.2 Å². The lowest BCUT2D eigenvalue weighted by Gasteiger charge is -2.24. The summed E-state index contributed by atoms with van der Waals surface area (Å²) in [7, 11) is 1.82. The maximum absolute atomic E-state index is 13.6. The number of nitrogens with zero attached hydrogens (tertiary/aromatic N) is 2. The van der Waals surface area contributed by atoms with Gasteiger partial charge < -0.3 is 15.0 Å². The van der Waals surface area contributed by atoms with Gasteiger partial charge >= 0.3 is 0 Å². The van der Waals surface area contributed by atoms with Gasteiger partial charge in [0.05, 0.1) is 6.61 Å². The third-order valence-corrected chi connectivity index (χ3v) is 5.66. The van der Waals surface area contributed by atoms with Crippen LogP contribution < -0.4 is 5.32 Å². The van der Waals surface area contributed by atoms with Crippen molar-refractivity contribution in [3.8, 4) is 0 Å². The highest BCUT2D eigenvalue weighted by atomic mass is 32.2. The Labute approximate surface area is 141 Å². The number of benzene rings is 1. The Morgan fingerprint density at radius 1 is 1.43 bits per heavy atom. The van der Waals surface area contributed by atoms with Gasteiger partial charge in [-0.2, -0.15) is 0 Å². The third kappa shape index (κ3) is 3.98. The normalized spacial score (nSPS) is 24.6. The van der Waals surface area contributed by atoms with Crippen LogP contribution in [0.2, 0.25) is 0 Å². The van der Waals surface area contributed by atoms with Gasteiger partial charge in [0, 0.05) is 49.4 Å². The number of hydrogen-bond donors (Lipinski definition) is 1. The van der Waals surface area contributed by atoms with Gasteiger partial charge in [0.25, 0.3) is 0 Å². The predicted molar refractivity (Wildman–Crippen MR) is 92.5 cm³/mol. The lowest BCUT2D eigenvalue weighted by atomic mass is 9.87. The number of thioether (sulfide) groups is 1. The molecule has 2 aliphatic rings. The number of halogens is 1. The summed E-state index contributed by atoms with van der Waals surface area (Å²) in [4.78, 5) is 7.42. The van der Waals surface area contributed by atoms with Crippen LogP contribution in [0.15, 0.2) is 34.2 Å². The fraction of sp³-hybridized carbons (Fsp3) is 0.588. The molecule has 3 rings (SSSR count). The first-order valence-electron chi connectivity index (χ1n) is 8.13. The van der Waals surface area contributed by atoms with Crippen LogP contribution in [0.3, 0.4) is 0 Å². The molecule has 1 unspecified atom stereocenters. The molecular formula is C17H24FN3OS. The van der Waals surface area contributed by atoms with Crippen molar-refractivity contribution < 1.29 is 9.13 Å². The van der Waals surface area contributed by atoms with Crippen molar-refractivity contribution in [3.63, 3.8) is 0 Å². The Morgan fingerprint density at radius 3 is 3.04 bits per heavy atom. The van der Waals surface area contributed by atoms with E-state index in [0.29, 0.717) is 10.3 Å². The minimum absolute atomic E-state index is 0.149. The largest absolute Gasteiger partial charge is 0.381 e. The van der Waals surface area contributed by atoms with Crippen LogP contribution in [0.5, 0.6) is 0 Å². The number of guanidine groups is 1. The molecule has 0 aromatic heterocycles. The van der Waals surface area contributed by atoms with Crippen molar-refractivity contribution in [1.29, 1.82) is 0 Å². The lowest BCUT2D eigenvalue weighted by molar-refractivity contribution is 0.156. The van der Waals surface area contributed by atoms with E-state index in [9.17, 15) is 4.39 Å². The average molecular weight is 337 g/mol. The van der Waals surface area contributed by atoms with E-state index in [1.54, 1.807) is 6.07 Å². The van der Waals surface area contributed by atoms with Crippen molar-refractivity contribution in [2.75, 3.05) is 45.6 Å². The average Bonchev–Trinajstić information content (AvgIpc) is 3.20. The van der Waals surface area contributed by atoms with Crippen LogP contribution in [0.4, 0.5) is 4.39 Å². The van der Waals surface area contributed by atoms with Gasteiger partial charge in [-0.15, -0.1) is 11.8 Å². The molecule has 1 aromatic rings. The molecule has 1 atom stereocenters. The van der Waals surface area contributed by atoms with Crippen LogP contribution in [-0.2, 0) is 4.74 Å². The maximum atomic E-state index is 13.6. The highest BCUT2D eigenvalue weighted by Crippen LogP contribution is 2.38. The number of likely N-dealkylation sites (tertiary alicyclic amines) is 1. The molecule has 4 nitrogen and oxygen atoms in total. The van der Waals surface area contributed by atoms with Gasteiger partial charge in [0.15, 0.2) is 5.96 Å². The smallest absolute Gasteiger partial charge is 0.193 e. The van der Waals surface area contributed by atoms with Crippen molar-refractivity contribution in [2.45, 2.75) is 17.7 Å². The van der Waals surface area contributed by atoms with Crippen LogP contribution in [-0.4, -0.2) is 56.5 Å². The van der Waals surface area contributed by atoms with E-state index >= 15 is 0 Å². The minimum Gasteiger partial charge on any atom is -0.381 e. The number of nitrogens with one attached hydrogen (secondary N) is 1. The Hall–Kier alpha value is -1.27. The van der Waals surface area contributed by atoms with Crippen molar-refractivity contribution in [1.82, 2.24) is 10.2 Å². The molecule has 0 amide bonds. The Balaban J connectivity index is 1.44. The van der Waals surface area contributed by atoms with E-state index in [2.05, 4.69) is 15.2 Å². The molecule has 126 valence electrons. The SMILES string of the molecule is CN=C(NCCSc1ccccc1F)N1CCC2(CCOC2)C1. The molecular weight excluding hydrogens is 313 g/mol. The van der Waals surface area contributed by atoms with Crippen molar-refractivity contribution >= 4 is 17.7 Å². The van der Waals surface area contributed by atoms with Gasteiger partial charge in [-0.05, 0) is 25.0 Å². The first-order chi connectivity index (χ1) is 11.2. The fourth-order valence-corrected chi connectivity index (χ4v) is 4.11. The first kappa shape index (κ1) is 16.6. The van der Waals surface area contributed by atoms with Crippen molar-refractivity contribution in [3.05, 3.63) is 30.1 Å². The molecule has 0 aliphatic carbocycles. The highest BCUT2D eigenvalue weighted by Gasteiger charge is 2.42. The van der Waals surface area contributed by atoms with Gasteiger partial charge in [-0.3, -0.25) is 4.99 Å². The van der Waals surface area contributed by atoms with E-state index in [1.807, 2.05) is 19.2 Å². The molecule has 2 aliphatic heterocycles. The number of rotatable bonds is 4. The van der Waals surface area contributed by atoms with Gasteiger partial charge in [0.1, 0.15) is 5.82 Å². The zero-order chi connectivity index (χ0) is 16.1. The van der Waals surface area contributed by atoms with E-state index in [0.717, 1.165) is 51.0 Å². The summed E-state index contributed by atoms with van der Waals surface area (Å²) in [5.41, 5.74) is 0.333. The summed E-state index contributed by atoms with van der Waals surface area (Å²) < 4.78 is 19.1. The standard InChI is InChI=1S/C17H24FN3OS/c1-19-16(21-9-6-17(12-21)7-10-22-13-17)20-8-11-23-15-5-3-2-4-14(15)18/h2-5H,6-13H2,1H3,(H,19,20). The number of hydrogen-bond acceptors (Lipinski definition) is 3. The topological polar surface area (TPSA) is 36.9 Å². The monoisotopic (exact) mass is 337 g/mol. The molecule has 2 heterocycles. The summed E-state index contributed by atoms with van der Waals surface area (Å²) in [5.74, 6) is 1.61. The van der Waals surface area contributed by atoms with E-state index in [1.165, 1.54) is 24.2 Å². The van der Waals surface area contributed by atoms with Crippen molar-refractivity contribution in [2.24, 2.45) is 10.4 Å². The Kier molecular flexibility index (Phi) is 5.43. The Morgan fingerprint density at radius 2 is 2.30 bits per heavy atom. The molecule has 1 N–H and O–H groups in total. The van der Waals surface area contributed by atoms with E-state index in [-0.39, 0.29) is 5.82 Å². The second-order valence-electron chi connectivity index (χ2n) is 6.23. The molecule has 23 heavy (non-hydrogen) atoms. The number of aliphatic imine (C=N–C) groups is 1. The van der Waals surface area contributed by atoms with E-state index in [4.69, 9.17) is 4.74 Å². The quantitative estimate of drug-likeness (QED) is 0.397. The molecule has 0 bridgehead atoms. The molecule has 6 heteroatoms. The highest BCUT2D eigenvalue weighted by molar-refractivity contribution is 7.99. The molecule has 1 spiro atoms. The van der Waals surface area contributed by atoms with Gasteiger partial charge in [-0.1, -0.05) is 12.1 Å². The van der Waals surface area contributed by atoms with Gasteiger partial charge in [0.2, 0.25) is 0 Å². The van der Waals surface area contributed by atoms with Crippen LogP contribution in [0.25, 0.3) is 0 Å². The van der Waals surface area contributed by atoms with Crippen LogP contribution >= 0.6 is 11.8 Å². The van der Waals surface area contributed by atoms with Crippen LogP contribution in [0.1, 0.15) is 12.8 Å². The zero-order valence-electron chi connectivity index (χ0n) is 13.6. The molecule has 0 radical (unpaired) electrons. The Bertz CT molecular complexity index is 561. The second kappa shape index (κ2) is 7.53. The first-order valence-corrected chi connectivity index (χ1v) is 9.12. The minimum atomic E-state index is -0.149. The maximum Gasteiger partial charge on any atom is 0.193 e. The summed E-state index contributed by atoms with van der Waals surface area (Å²) >= 11 is 1.53. The summed E-state index contributed by atoms with van der Waals surface area (Å²) in [5, 5.41) is 3.40. The zero-order valence-corrected chi connectivity index (χ0v) is 14.4.